The highest BCUT2D eigenvalue weighted by Crippen LogP contribution is 2.37. The van der Waals surface area contributed by atoms with E-state index < -0.39 is 0 Å². The molecule has 0 atom stereocenters. The molecule has 0 aliphatic carbocycles. The summed E-state index contributed by atoms with van der Waals surface area (Å²) >= 11 is 1.62. The number of ether oxygens (including phenoxy) is 2. The molecule has 2 amide bonds. The SMILES string of the molecule is COc1cc(NC(=O)c2ccccc2SC(C)C)c(OC)cc1NC(=O)c1ccccc1. The molecule has 7 heteroatoms. The summed E-state index contributed by atoms with van der Waals surface area (Å²) < 4.78 is 10.9. The molecule has 3 aromatic rings. The molecule has 0 spiro atoms. The summed E-state index contributed by atoms with van der Waals surface area (Å²) in [5.41, 5.74) is 1.97. The minimum atomic E-state index is -0.276. The first-order valence-corrected chi connectivity index (χ1v) is 11.0. The Kier molecular flexibility index (Phi) is 7.78. The summed E-state index contributed by atoms with van der Waals surface area (Å²) in [7, 11) is 3.00. The fraction of sp³-hybridized carbons (Fsp3) is 0.200. The normalized spacial score (nSPS) is 10.5. The highest BCUT2D eigenvalue weighted by atomic mass is 32.2. The number of nitrogens with one attached hydrogen (secondary N) is 2. The van der Waals surface area contributed by atoms with Crippen LogP contribution < -0.4 is 20.1 Å². The third-order valence-electron chi connectivity index (χ3n) is 4.55. The molecular weight excluding hydrogens is 424 g/mol. The van der Waals surface area contributed by atoms with Gasteiger partial charge in [0.25, 0.3) is 11.8 Å². The lowest BCUT2D eigenvalue weighted by Gasteiger charge is -2.17. The quantitative estimate of drug-likeness (QED) is 0.430. The van der Waals surface area contributed by atoms with Crippen molar-refractivity contribution in [3.63, 3.8) is 0 Å². The number of hydrogen-bond acceptors (Lipinski definition) is 5. The molecule has 0 aromatic heterocycles. The van der Waals surface area contributed by atoms with Crippen molar-refractivity contribution in [2.75, 3.05) is 24.9 Å². The Hall–Kier alpha value is -3.45. The van der Waals surface area contributed by atoms with Gasteiger partial charge in [0.1, 0.15) is 11.5 Å². The Labute approximate surface area is 192 Å². The number of carbonyl (C=O) groups is 2. The first-order valence-electron chi connectivity index (χ1n) is 10.1. The fourth-order valence-corrected chi connectivity index (χ4v) is 4.03. The topological polar surface area (TPSA) is 76.7 Å². The van der Waals surface area contributed by atoms with E-state index in [1.807, 2.05) is 24.3 Å². The average molecular weight is 451 g/mol. The van der Waals surface area contributed by atoms with Gasteiger partial charge in [-0.15, -0.1) is 11.8 Å². The van der Waals surface area contributed by atoms with Gasteiger partial charge in [0, 0.05) is 27.8 Å². The van der Waals surface area contributed by atoms with Crippen LogP contribution in [0.25, 0.3) is 0 Å². The van der Waals surface area contributed by atoms with Gasteiger partial charge in [-0.2, -0.15) is 0 Å². The second kappa shape index (κ2) is 10.7. The van der Waals surface area contributed by atoms with Crippen LogP contribution in [0.5, 0.6) is 11.5 Å². The summed E-state index contributed by atoms with van der Waals surface area (Å²) in [5, 5.41) is 6.08. The number of methoxy groups -OCH3 is 2. The maximum absolute atomic E-state index is 13.0. The lowest BCUT2D eigenvalue weighted by molar-refractivity contribution is 0.101. The van der Waals surface area contributed by atoms with Gasteiger partial charge in [0.2, 0.25) is 0 Å². The van der Waals surface area contributed by atoms with Gasteiger partial charge >= 0.3 is 0 Å². The maximum Gasteiger partial charge on any atom is 0.256 e. The van der Waals surface area contributed by atoms with Gasteiger partial charge in [0.15, 0.2) is 0 Å². The van der Waals surface area contributed by atoms with Crippen molar-refractivity contribution in [3.05, 3.63) is 77.9 Å². The maximum atomic E-state index is 13.0. The predicted molar refractivity (Wildman–Crippen MR) is 129 cm³/mol. The lowest BCUT2D eigenvalue weighted by Crippen LogP contribution is -2.15. The second-order valence-corrected chi connectivity index (χ2v) is 8.81. The molecule has 0 aliphatic rings. The van der Waals surface area contributed by atoms with E-state index >= 15 is 0 Å². The summed E-state index contributed by atoms with van der Waals surface area (Å²) in [5.74, 6) is 0.268. The van der Waals surface area contributed by atoms with Crippen molar-refractivity contribution in [3.8, 4) is 11.5 Å². The molecule has 3 aromatic carbocycles. The molecule has 0 radical (unpaired) electrons. The Morgan fingerprint density at radius 1 is 0.781 bits per heavy atom. The first kappa shape index (κ1) is 23.2. The largest absolute Gasteiger partial charge is 0.494 e. The number of carbonyl (C=O) groups excluding carboxylic acids is 2. The van der Waals surface area contributed by atoms with Gasteiger partial charge in [-0.25, -0.2) is 0 Å². The van der Waals surface area contributed by atoms with Crippen molar-refractivity contribution in [2.45, 2.75) is 24.0 Å². The van der Waals surface area contributed by atoms with Crippen LogP contribution in [-0.4, -0.2) is 31.3 Å². The van der Waals surface area contributed by atoms with Crippen LogP contribution >= 0.6 is 11.8 Å². The molecule has 0 unspecified atom stereocenters. The monoisotopic (exact) mass is 450 g/mol. The van der Waals surface area contributed by atoms with E-state index in [1.165, 1.54) is 14.2 Å². The molecule has 0 saturated carbocycles. The third-order valence-corrected chi connectivity index (χ3v) is 5.63. The first-order chi connectivity index (χ1) is 15.4. The van der Waals surface area contributed by atoms with Crippen LogP contribution in [0, 0.1) is 0 Å². The number of rotatable bonds is 8. The smallest absolute Gasteiger partial charge is 0.256 e. The Bertz CT molecular complexity index is 1100. The van der Waals surface area contributed by atoms with Crippen molar-refractivity contribution in [1.82, 2.24) is 0 Å². The van der Waals surface area contributed by atoms with E-state index in [-0.39, 0.29) is 11.8 Å². The molecule has 166 valence electrons. The standard InChI is InChI=1S/C25H26N2O4S/c1-16(2)32-23-13-9-8-12-18(23)25(29)27-20-15-21(30-3)19(14-22(20)31-4)26-24(28)17-10-6-5-7-11-17/h5-16H,1-4H3,(H,26,28)(H,27,29). The van der Waals surface area contributed by atoms with Crippen LogP contribution in [0.3, 0.4) is 0 Å². The fourth-order valence-electron chi connectivity index (χ4n) is 3.08. The average Bonchev–Trinajstić information content (AvgIpc) is 2.80. The van der Waals surface area contributed by atoms with Gasteiger partial charge in [0.05, 0.1) is 31.2 Å². The molecular formula is C25H26N2O4S. The highest BCUT2D eigenvalue weighted by molar-refractivity contribution is 8.00. The van der Waals surface area contributed by atoms with Crippen LogP contribution in [0.2, 0.25) is 0 Å². The number of hydrogen-bond donors (Lipinski definition) is 2. The minimum absolute atomic E-state index is 0.254. The van der Waals surface area contributed by atoms with E-state index in [4.69, 9.17) is 9.47 Å². The van der Waals surface area contributed by atoms with Crippen LogP contribution in [0.15, 0.2) is 71.6 Å². The van der Waals surface area contributed by atoms with Crippen molar-refractivity contribution in [2.24, 2.45) is 0 Å². The summed E-state index contributed by atoms with van der Waals surface area (Å²) in [6, 6.07) is 19.6. The Morgan fingerprint density at radius 2 is 1.31 bits per heavy atom. The van der Waals surface area contributed by atoms with E-state index in [9.17, 15) is 9.59 Å². The van der Waals surface area contributed by atoms with Crippen molar-refractivity contribution in [1.29, 1.82) is 0 Å². The third kappa shape index (κ3) is 5.62. The Morgan fingerprint density at radius 3 is 1.88 bits per heavy atom. The van der Waals surface area contributed by atoms with Gasteiger partial charge in [-0.05, 0) is 24.3 Å². The van der Waals surface area contributed by atoms with E-state index in [1.54, 1.807) is 54.2 Å². The van der Waals surface area contributed by atoms with Gasteiger partial charge in [-0.3, -0.25) is 9.59 Å². The molecule has 0 saturated heterocycles. The number of amides is 2. The zero-order valence-electron chi connectivity index (χ0n) is 18.5. The van der Waals surface area contributed by atoms with Crippen molar-refractivity contribution < 1.29 is 19.1 Å². The molecule has 6 nitrogen and oxygen atoms in total. The zero-order chi connectivity index (χ0) is 23.1. The van der Waals surface area contributed by atoms with Crippen molar-refractivity contribution >= 4 is 35.0 Å². The minimum Gasteiger partial charge on any atom is -0.494 e. The van der Waals surface area contributed by atoms with Crippen LogP contribution in [0.4, 0.5) is 11.4 Å². The molecule has 0 aliphatic heterocycles. The summed E-state index contributed by atoms with van der Waals surface area (Å²) in [6.45, 7) is 4.16. The summed E-state index contributed by atoms with van der Waals surface area (Å²) in [4.78, 5) is 26.5. The molecule has 0 heterocycles. The molecule has 0 bridgehead atoms. The van der Waals surface area contributed by atoms with E-state index in [0.717, 1.165) is 4.90 Å². The van der Waals surface area contributed by atoms with Gasteiger partial charge < -0.3 is 20.1 Å². The zero-order valence-corrected chi connectivity index (χ0v) is 19.3. The number of anilines is 2. The second-order valence-electron chi connectivity index (χ2n) is 7.19. The van der Waals surface area contributed by atoms with E-state index in [2.05, 4.69) is 24.5 Å². The lowest BCUT2D eigenvalue weighted by atomic mass is 10.1. The molecule has 32 heavy (non-hydrogen) atoms. The molecule has 0 fully saturated rings. The van der Waals surface area contributed by atoms with E-state index in [0.29, 0.717) is 39.3 Å². The predicted octanol–water partition coefficient (Wildman–Crippen LogP) is 5.71. The number of benzene rings is 3. The number of thioether (sulfide) groups is 1. The van der Waals surface area contributed by atoms with Crippen LogP contribution in [-0.2, 0) is 0 Å². The van der Waals surface area contributed by atoms with Crippen LogP contribution in [0.1, 0.15) is 34.6 Å². The highest BCUT2D eigenvalue weighted by Gasteiger charge is 2.18. The van der Waals surface area contributed by atoms with Gasteiger partial charge in [-0.1, -0.05) is 44.2 Å². The molecule has 2 N–H and O–H groups in total. The summed E-state index contributed by atoms with van der Waals surface area (Å²) in [6.07, 6.45) is 0. The molecule has 3 rings (SSSR count). The Balaban J connectivity index is 1.88.